The zero-order chi connectivity index (χ0) is 33.7. The van der Waals surface area contributed by atoms with Crippen molar-refractivity contribution < 1.29 is 22.8 Å². The van der Waals surface area contributed by atoms with Crippen LogP contribution in [-0.2, 0) is 26.2 Å². The molecule has 2 aromatic carbocycles. The summed E-state index contributed by atoms with van der Waals surface area (Å²) in [7, 11) is 4.70. The van der Waals surface area contributed by atoms with Crippen LogP contribution in [0.2, 0.25) is 10.0 Å². The van der Waals surface area contributed by atoms with E-state index in [4.69, 9.17) is 28.2 Å². The van der Waals surface area contributed by atoms with Crippen molar-refractivity contribution in [2.45, 2.75) is 45.1 Å². The first-order chi connectivity index (χ1) is 21.6. The standard InChI is InChI=1S/C31H30Cl2F3N7O3/c1-16-12-21-25(15-42(16)28(45)19-8-11-22(32)23(33)13-19)38-30(40(4)17(2)18-6-9-20(10-7-18)31(34,35)36)43(29(21)46)26-14-24(27(44)37-3)39-41(26)5/h6-11,13-14,16-17H,12,15H2,1-5H3,(H,37,44)/t16-,17+/m1/s1. The van der Waals surface area contributed by atoms with Crippen LogP contribution >= 0.6 is 23.2 Å². The molecule has 1 N–H and O–H groups in total. The quantitative estimate of drug-likeness (QED) is 0.292. The molecule has 2 aromatic heterocycles. The van der Waals surface area contributed by atoms with Gasteiger partial charge in [0.2, 0.25) is 5.95 Å². The summed E-state index contributed by atoms with van der Waals surface area (Å²) in [5.41, 5.74) is 0.466. The molecule has 0 radical (unpaired) electrons. The molecule has 4 aromatic rings. The van der Waals surface area contributed by atoms with Gasteiger partial charge in [-0.3, -0.25) is 19.1 Å². The Morgan fingerprint density at radius 2 is 1.76 bits per heavy atom. The molecule has 2 amide bonds. The fourth-order valence-electron chi connectivity index (χ4n) is 5.41. The zero-order valence-electron chi connectivity index (χ0n) is 25.5. The second kappa shape index (κ2) is 12.4. The largest absolute Gasteiger partial charge is 0.416 e. The molecule has 1 aliphatic heterocycles. The Balaban J connectivity index is 1.63. The van der Waals surface area contributed by atoms with Crippen molar-refractivity contribution >= 4 is 41.0 Å². The highest BCUT2D eigenvalue weighted by Crippen LogP contribution is 2.33. The highest BCUT2D eigenvalue weighted by atomic mass is 35.5. The lowest BCUT2D eigenvalue weighted by molar-refractivity contribution is -0.137. The molecule has 0 unspecified atom stereocenters. The number of anilines is 1. The number of aromatic nitrogens is 4. The van der Waals surface area contributed by atoms with Crippen molar-refractivity contribution in [2.24, 2.45) is 7.05 Å². The first-order valence-corrected chi connectivity index (χ1v) is 14.9. The Morgan fingerprint density at radius 1 is 1.09 bits per heavy atom. The molecule has 0 spiro atoms. The molecule has 242 valence electrons. The SMILES string of the molecule is CNC(=O)c1cc(-n2c(N(C)[C@@H](C)c3ccc(C(F)(F)F)cc3)nc3c(c2=O)C[C@@H](C)N(C(=O)c2ccc(Cl)c(Cl)c2)C3)n(C)n1. The molecule has 0 saturated carbocycles. The Kier molecular flexibility index (Phi) is 8.93. The van der Waals surface area contributed by atoms with E-state index in [0.29, 0.717) is 27.4 Å². The Hall–Kier alpha value is -4.36. The highest BCUT2D eigenvalue weighted by Gasteiger charge is 2.34. The van der Waals surface area contributed by atoms with Crippen LogP contribution in [0.25, 0.3) is 5.82 Å². The molecule has 2 atom stereocenters. The number of benzene rings is 2. The number of amides is 2. The van der Waals surface area contributed by atoms with E-state index in [0.717, 1.165) is 12.1 Å². The topological polar surface area (TPSA) is 105 Å². The predicted molar refractivity (Wildman–Crippen MR) is 168 cm³/mol. The van der Waals surface area contributed by atoms with Crippen molar-refractivity contribution in [3.05, 3.63) is 103 Å². The van der Waals surface area contributed by atoms with Gasteiger partial charge in [0.1, 0.15) is 5.82 Å². The molecular formula is C31H30Cl2F3N7O3. The summed E-state index contributed by atoms with van der Waals surface area (Å²) >= 11 is 12.2. The van der Waals surface area contributed by atoms with Gasteiger partial charge in [0.05, 0.1) is 33.9 Å². The maximum Gasteiger partial charge on any atom is 0.416 e. The summed E-state index contributed by atoms with van der Waals surface area (Å²) in [6.07, 6.45) is -4.30. The van der Waals surface area contributed by atoms with E-state index in [9.17, 15) is 27.6 Å². The number of nitrogens with one attached hydrogen (secondary N) is 1. The third-order valence-electron chi connectivity index (χ3n) is 8.18. The highest BCUT2D eigenvalue weighted by molar-refractivity contribution is 6.42. The molecule has 0 aliphatic carbocycles. The van der Waals surface area contributed by atoms with E-state index in [-0.39, 0.29) is 47.4 Å². The molecule has 0 saturated heterocycles. The van der Waals surface area contributed by atoms with E-state index < -0.39 is 29.2 Å². The van der Waals surface area contributed by atoms with Gasteiger partial charge in [0, 0.05) is 44.4 Å². The van der Waals surface area contributed by atoms with Crippen LogP contribution in [0, 0.1) is 0 Å². The zero-order valence-corrected chi connectivity index (χ0v) is 27.0. The van der Waals surface area contributed by atoms with Gasteiger partial charge in [-0.1, -0.05) is 35.3 Å². The number of alkyl halides is 3. The van der Waals surface area contributed by atoms with Crippen molar-refractivity contribution in [3.63, 3.8) is 0 Å². The van der Waals surface area contributed by atoms with E-state index in [1.54, 1.807) is 36.9 Å². The van der Waals surface area contributed by atoms with Crippen molar-refractivity contribution in [1.82, 2.24) is 29.5 Å². The minimum absolute atomic E-state index is 0.00996. The summed E-state index contributed by atoms with van der Waals surface area (Å²) in [5, 5.41) is 7.31. The van der Waals surface area contributed by atoms with Crippen LogP contribution in [0.15, 0.2) is 53.3 Å². The number of carbonyl (C=O) groups is 2. The van der Waals surface area contributed by atoms with Crippen LogP contribution in [0.5, 0.6) is 0 Å². The van der Waals surface area contributed by atoms with Crippen molar-refractivity contribution in [3.8, 4) is 5.82 Å². The van der Waals surface area contributed by atoms with Gasteiger partial charge >= 0.3 is 6.18 Å². The van der Waals surface area contributed by atoms with Gasteiger partial charge in [-0.05, 0) is 56.2 Å². The van der Waals surface area contributed by atoms with E-state index in [2.05, 4.69) is 10.4 Å². The van der Waals surface area contributed by atoms with Crippen LogP contribution < -0.4 is 15.8 Å². The average Bonchev–Trinajstić information content (AvgIpc) is 3.41. The number of carbonyl (C=O) groups excluding carboxylic acids is 2. The second-order valence-corrected chi connectivity index (χ2v) is 11.9. The molecule has 0 bridgehead atoms. The Labute approximate surface area is 272 Å². The number of halogens is 5. The molecule has 5 rings (SSSR count). The van der Waals surface area contributed by atoms with Crippen LogP contribution in [0.4, 0.5) is 19.1 Å². The lowest BCUT2D eigenvalue weighted by atomic mass is 9.98. The Morgan fingerprint density at radius 3 is 2.37 bits per heavy atom. The fourth-order valence-corrected chi connectivity index (χ4v) is 5.71. The summed E-state index contributed by atoms with van der Waals surface area (Å²) in [4.78, 5) is 48.4. The predicted octanol–water partition coefficient (Wildman–Crippen LogP) is 5.44. The van der Waals surface area contributed by atoms with Gasteiger partial charge in [0.15, 0.2) is 5.69 Å². The molecule has 15 heteroatoms. The van der Waals surface area contributed by atoms with E-state index in [1.165, 1.54) is 46.6 Å². The van der Waals surface area contributed by atoms with Crippen LogP contribution in [0.1, 0.15) is 63.1 Å². The fraction of sp³-hybridized carbons (Fsp3) is 0.323. The van der Waals surface area contributed by atoms with Gasteiger partial charge in [-0.2, -0.15) is 18.3 Å². The van der Waals surface area contributed by atoms with Gasteiger partial charge < -0.3 is 15.1 Å². The van der Waals surface area contributed by atoms with E-state index >= 15 is 0 Å². The van der Waals surface area contributed by atoms with Crippen LogP contribution in [-0.4, -0.2) is 56.2 Å². The van der Waals surface area contributed by atoms with Gasteiger partial charge in [-0.25, -0.2) is 9.55 Å². The van der Waals surface area contributed by atoms with Crippen LogP contribution in [0.3, 0.4) is 0 Å². The first-order valence-electron chi connectivity index (χ1n) is 14.2. The summed E-state index contributed by atoms with van der Waals surface area (Å²) in [6, 6.07) is 9.85. The third-order valence-corrected chi connectivity index (χ3v) is 8.92. The minimum atomic E-state index is -4.49. The average molecular weight is 677 g/mol. The number of nitrogens with zero attached hydrogens (tertiary/aromatic N) is 6. The lowest BCUT2D eigenvalue weighted by Crippen LogP contribution is -2.46. The number of rotatable bonds is 6. The van der Waals surface area contributed by atoms with E-state index in [1.807, 2.05) is 6.92 Å². The second-order valence-electron chi connectivity index (χ2n) is 11.1. The summed E-state index contributed by atoms with van der Waals surface area (Å²) in [6.45, 7) is 3.60. The number of hydrogen-bond donors (Lipinski definition) is 1. The minimum Gasteiger partial charge on any atom is -0.354 e. The van der Waals surface area contributed by atoms with Crippen molar-refractivity contribution in [1.29, 1.82) is 0 Å². The maximum atomic E-state index is 14.3. The first kappa shape index (κ1) is 33.0. The molecule has 10 nitrogen and oxygen atoms in total. The maximum absolute atomic E-state index is 14.3. The molecule has 3 heterocycles. The molecule has 1 aliphatic rings. The molecule has 46 heavy (non-hydrogen) atoms. The Bertz CT molecular complexity index is 1890. The van der Waals surface area contributed by atoms with Gasteiger partial charge in [-0.15, -0.1) is 0 Å². The molecular weight excluding hydrogens is 646 g/mol. The number of aryl methyl sites for hydroxylation is 1. The summed E-state index contributed by atoms with van der Waals surface area (Å²) in [5.74, 6) is -0.391. The normalized spacial score (nSPS) is 15.3. The third kappa shape index (κ3) is 6.08. The summed E-state index contributed by atoms with van der Waals surface area (Å²) < 4.78 is 42.4. The van der Waals surface area contributed by atoms with Crippen molar-refractivity contribution in [2.75, 3.05) is 19.0 Å². The van der Waals surface area contributed by atoms with Gasteiger partial charge in [0.25, 0.3) is 17.4 Å². The number of fused-ring (bicyclic) bond motifs is 1. The smallest absolute Gasteiger partial charge is 0.354 e. The monoisotopic (exact) mass is 675 g/mol. The molecule has 0 fully saturated rings. The lowest BCUT2D eigenvalue weighted by Gasteiger charge is -2.36. The number of hydrogen-bond acceptors (Lipinski definition) is 6.